The largest absolute Gasteiger partial charge is 0.573 e. The summed E-state index contributed by atoms with van der Waals surface area (Å²) >= 11 is 0. The highest BCUT2D eigenvalue weighted by molar-refractivity contribution is 5.90. The van der Waals surface area contributed by atoms with E-state index in [-0.39, 0.29) is 30.5 Å². The normalized spacial score (nSPS) is 14.8. The molecule has 13 heteroatoms. The molecule has 0 unspecified atom stereocenters. The summed E-state index contributed by atoms with van der Waals surface area (Å²) in [4.78, 5) is 34.5. The molecule has 1 aliphatic heterocycles. The van der Waals surface area contributed by atoms with E-state index >= 15 is 0 Å². The van der Waals surface area contributed by atoms with E-state index in [4.69, 9.17) is 5.11 Å². The summed E-state index contributed by atoms with van der Waals surface area (Å²) in [6.07, 6.45) is -2.88. The Balaban J connectivity index is 1.35. The van der Waals surface area contributed by atoms with Gasteiger partial charge in [-0.3, -0.25) is 9.69 Å². The third-order valence-electron chi connectivity index (χ3n) is 5.71. The molecule has 10 nitrogen and oxygen atoms in total. The van der Waals surface area contributed by atoms with Crippen molar-refractivity contribution in [2.24, 2.45) is 0 Å². The van der Waals surface area contributed by atoms with Gasteiger partial charge in [0, 0.05) is 39.1 Å². The molecule has 192 valence electrons. The van der Waals surface area contributed by atoms with E-state index in [0.29, 0.717) is 41.3 Å². The van der Waals surface area contributed by atoms with Crippen molar-refractivity contribution in [3.05, 3.63) is 41.7 Å². The molecule has 0 radical (unpaired) electrons. The number of nitrogens with zero attached hydrogens (tertiary/aromatic N) is 6. The molecule has 4 rings (SSSR count). The molecule has 36 heavy (non-hydrogen) atoms. The number of ether oxygens (including phenoxy) is 1. The summed E-state index contributed by atoms with van der Waals surface area (Å²) in [7, 11) is 0. The van der Waals surface area contributed by atoms with Crippen LogP contribution in [0, 0.1) is 6.92 Å². The molecule has 0 atom stereocenters. The number of halogens is 3. The quantitative estimate of drug-likeness (QED) is 0.476. The van der Waals surface area contributed by atoms with Crippen LogP contribution in [0.4, 0.5) is 24.9 Å². The lowest BCUT2D eigenvalue weighted by atomic mass is 10.1. The minimum absolute atomic E-state index is 0.107. The second-order valence-corrected chi connectivity index (χ2v) is 8.33. The summed E-state index contributed by atoms with van der Waals surface area (Å²) in [6, 6.07) is 5.38. The van der Waals surface area contributed by atoms with Crippen LogP contribution in [0.15, 0.2) is 30.5 Å². The first-order valence-corrected chi connectivity index (χ1v) is 11.4. The van der Waals surface area contributed by atoms with Crippen molar-refractivity contribution in [2.45, 2.75) is 26.1 Å². The third kappa shape index (κ3) is 6.76. The summed E-state index contributed by atoms with van der Waals surface area (Å²) in [5.74, 6) is 0.210. The van der Waals surface area contributed by atoms with Crippen LogP contribution in [-0.2, 0) is 11.2 Å². The SMILES string of the molecule is Cc1nc(N2CCN(CCO)CC2)nc2ncc(NC(=O)CCc3ccc(OC(F)(F)F)cc3)nc12. The van der Waals surface area contributed by atoms with Gasteiger partial charge in [-0.15, -0.1) is 13.2 Å². The van der Waals surface area contributed by atoms with Gasteiger partial charge in [-0.1, -0.05) is 12.1 Å². The number of aromatic nitrogens is 4. The molecule has 1 aromatic carbocycles. The van der Waals surface area contributed by atoms with Crippen LogP contribution in [0.25, 0.3) is 11.2 Å². The number of hydrogen-bond acceptors (Lipinski definition) is 9. The Morgan fingerprint density at radius 2 is 1.83 bits per heavy atom. The Kier molecular flexibility index (Phi) is 7.79. The highest BCUT2D eigenvalue weighted by atomic mass is 19.4. The first-order chi connectivity index (χ1) is 17.2. The van der Waals surface area contributed by atoms with Gasteiger partial charge in [-0.05, 0) is 31.0 Å². The van der Waals surface area contributed by atoms with Crippen molar-refractivity contribution < 1.29 is 27.8 Å². The van der Waals surface area contributed by atoms with Gasteiger partial charge in [0.2, 0.25) is 11.9 Å². The second kappa shape index (κ2) is 11.0. The van der Waals surface area contributed by atoms with E-state index < -0.39 is 6.36 Å². The van der Waals surface area contributed by atoms with Crippen LogP contribution < -0.4 is 15.0 Å². The Bertz CT molecular complexity index is 1200. The van der Waals surface area contributed by atoms with Crippen molar-refractivity contribution >= 4 is 28.8 Å². The number of fused-ring (bicyclic) bond motifs is 1. The van der Waals surface area contributed by atoms with Crippen LogP contribution in [0.5, 0.6) is 5.75 Å². The third-order valence-corrected chi connectivity index (χ3v) is 5.71. The summed E-state index contributed by atoms with van der Waals surface area (Å²) in [6.45, 7) is 5.69. The number of carbonyl (C=O) groups excluding carboxylic acids is 1. The molecule has 0 spiro atoms. The number of carbonyl (C=O) groups is 1. The van der Waals surface area contributed by atoms with Gasteiger partial charge in [0.1, 0.15) is 11.3 Å². The number of anilines is 2. The lowest BCUT2D eigenvalue weighted by molar-refractivity contribution is -0.274. The van der Waals surface area contributed by atoms with Crippen LogP contribution in [0.1, 0.15) is 17.7 Å². The standard InChI is InChI=1S/C23H26F3N7O3/c1-15-20-21(31-22(28-15)33-10-8-32(9-11-33)12-13-34)27-14-18(30-20)29-19(35)7-4-16-2-5-17(6-3-16)36-23(24,25)26/h2-3,5-6,14,34H,4,7-13H2,1H3,(H,29,30,35). The Morgan fingerprint density at radius 3 is 2.50 bits per heavy atom. The van der Waals surface area contributed by atoms with Crippen molar-refractivity contribution in [1.29, 1.82) is 0 Å². The number of amides is 1. The number of hydrogen-bond donors (Lipinski definition) is 2. The molecule has 0 aliphatic carbocycles. The monoisotopic (exact) mass is 505 g/mol. The minimum Gasteiger partial charge on any atom is -0.406 e. The lowest BCUT2D eigenvalue weighted by Gasteiger charge is -2.34. The molecule has 2 aromatic heterocycles. The van der Waals surface area contributed by atoms with Crippen LogP contribution in [0.3, 0.4) is 0 Å². The fourth-order valence-electron chi connectivity index (χ4n) is 3.87. The minimum atomic E-state index is -4.75. The summed E-state index contributed by atoms with van der Waals surface area (Å²) in [5.41, 5.74) is 2.24. The van der Waals surface area contributed by atoms with Crippen LogP contribution in [-0.4, -0.2) is 81.5 Å². The first kappa shape index (κ1) is 25.5. The van der Waals surface area contributed by atoms with Gasteiger partial charge >= 0.3 is 6.36 Å². The maximum atomic E-state index is 12.4. The fourth-order valence-corrected chi connectivity index (χ4v) is 3.87. The molecule has 1 fully saturated rings. The zero-order valence-electron chi connectivity index (χ0n) is 19.6. The van der Waals surface area contributed by atoms with Crippen molar-refractivity contribution in [1.82, 2.24) is 24.8 Å². The smallest absolute Gasteiger partial charge is 0.406 e. The predicted molar refractivity (Wildman–Crippen MR) is 126 cm³/mol. The van der Waals surface area contributed by atoms with Gasteiger partial charge < -0.3 is 20.1 Å². The Hall–Kier alpha value is -3.58. The molecule has 3 heterocycles. The molecule has 2 N–H and O–H groups in total. The van der Waals surface area contributed by atoms with E-state index in [1.165, 1.54) is 30.5 Å². The van der Waals surface area contributed by atoms with Gasteiger partial charge in [-0.2, -0.15) is 4.98 Å². The molecule has 0 saturated carbocycles. The topological polar surface area (TPSA) is 117 Å². The lowest BCUT2D eigenvalue weighted by Crippen LogP contribution is -2.47. The molecule has 1 aliphatic rings. The average molecular weight is 506 g/mol. The number of benzene rings is 1. The molecular formula is C23H26F3N7O3. The van der Waals surface area contributed by atoms with E-state index in [9.17, 15) is 18.0 Å². The maximum Gasteiger partial charge on any atom is 0.573 e. The molecule has 3 aromatic rings. The first-order valence-electron chi connectivity index (χ1n) is 11.4. The van der Waals surface area contributed by atoms with E-state index in [1.807, 2.05) is 6.92 Å². The Labute approximate surface area is 205 Å². The highest BCUT2D eigenvalue weighted by Gasteiger charge is 2.31. The molecule has 1 amide bonds. The second-order valence-electron chi connectivity index (χ2n) is 8.33. The number of aliphatic hydroxyl groups is 1. The van der Waals surface area contributed by atoms with Gasteiger partial charge in [-0.25, -0.2) is 15.0 Å². The van der Waals surface area contributed by atoms with Gasteiger partial charge in [0.05, 0.1) is 18.5 Å². The van der Waals surface area contributed by atoms with Crippen LogP contribution in [0.2, 0.25) is 0 Å². The Morgan fingerprint density at radius 1 is 1.11 bits per heavy atom. The van der Waals surface area contributed by atoms with Crippen molar-refractivity contribution in [3.8, 4) is 5.75 Å². The van der Waals surface area contributed by atoms with E-state index in [1.54, 1.807) is 0 Å². The van der Waals surface area contributed by atoms with Gasteiger partial charge in [0.15, 0.2) is 11.5 Å². The van der Waals surface area contributed by atoms with Crippen LogP contribution >= 0.6 is 0 Å². The summed E-state index contributed by atoms with van der Waals surface area (Å²) < 4.78 is 40.6. The number of nitrogens with one attached hydrogen (secondary N) is 1. The molecular weight excluding hydrogens is 479 g/mol. The zero-order valence-corrected chi connectivity index (χ0v) is 19.6. The number of aryl methyl sites for hydroxylation is 2. The predicted octanol–water partition coefficient (Wildman–Crippen LogP) is 2.31. The maximum absolute atomic E-state index is 12.4. The molecule has 1 saturated heterocycles. The molecule has 0 bridgehead atoms. The fraction of sp³-hybridized carbons (Fsp3) is 0.435. The number of piperazine rings is 1. The van der Waals surface area contributed by atoms with E-state index in [0.717, 1.165) is 26.2 Å². The number of aliphatic hydroxyl groups excluding tert-OH is 1. The number of β-amino-alcohol motifs (C(OH)–C–C–N with tert-alkyl or cyclic N) is 1. The summed E-state index contributed by atoms with van der Waals surface area (Å²) in [5, 5.41) is 11.8. The van der Waals surface area contributed by atoms with Crippen molar-refractivity contribution in [2.75, 3.05) is 49.5 Å². The number of alkyl halides is 3. The number of rotatable bonds is 8. The van der Waals surface area contributed by atoms with E-state index in [2.05, 4.69) is 39.8 Å². The van der Waals surface area contributed by atoms with Gasteiger partial charge in [0.25, 0.3) is 0 Å². The van der Waals surface area contributed by atoms with Crippen molar-refractivity contribution in [3.63, 3.8) is 0 Å². The average Bonchev–Trinajstić information content (AvgIpc) is 2.84. The zero-order chi connectivity index (χ0) is 25.7. The highest BCUT2D eigenvalue weighted by Crippen LogP contribution is 2.23.